The van der Waals surface area contributed by atoms with Crippen LogP contribution in [0.25, 0.3) is 10.2 Å². The van der Waals surface area contributed by atoms with Crippen molar-refractivity contribution in [3.05, 3.63) is 29.8 Å². The number of nitrogens with one attached hydrogen (secondary N) is 2. The molecule has 1 aromatic heterocycles. The van der Waals surface area contributed by atoms with Gasteiger partial charge in [-0.2, -0.15) is 4.31 Å². The Hall–Kier alpha value is -1.97. The van der Waals surface area contributed by atoms with E-state index in [1.165, 1.54) is 16.9 Å². The number of rotatable bonds is 6. The fourth-order valence-corrected chi connectivity index (χ4v) is 7.58. The van der Waals surface area contributed by atoms with Gasteiger partial charge in [-0.1, -0.05) is 36.3 Å². The summed E-state index contributed by atoms with van der Waals surface area (Å²) < 4.78 is 28.7. The van der Waals surface area contributed by atoms with Crippen LogP contribution in [-0.2, 0) is 14.8 Å². The molecular weight excluding hydrogens is 432 g/mol. The van der Waals surface area contributed by atoms with Crippen molar-refractivity contribution in [3.8, 4) is 0 Å². The van der Waals surface area contributed by atoms with Gasteiger partial charge in [0.1, 0.15) is 0 Å². The van der Waals surface area contributed by atoms with Gasteiger partial charge < -0.3 is 10.6 Å². The third kappa shape index (κ3) is 3.76. The molecule has 166 valence electrons. The summed E-state index contributed by atoms with van der Waals surface area (Å²) in [5, 5.41) is 7.37. The minimum absolute atomic E-state index is 0.143. The summed E-state index contributed by atoms with van der Waals surface area (Å²) in [6, 6.07) is 5.21. The summed E-state index contributed by atoms with van der Waals surface area (Å²) in [5.41, 5.74) is 1.71. The van der Waals surface area contributed by atoms with E-state index in [1.54, 1.807) is 16.4 Å². The molecule has 2 atom stereocenters. The van der Waals surface area contributed by atoms with Gasteiger partial charge in [0.05, 0.1) is 20.7 Å². The predicted octanol–water partition coefficient (Wildman–Crippen LogP) is 3.50. The maximum Gasteiger partial charge on any atom is 0.243 e. The van der Waals surface area contributed by atoms with E-state index in [0.717, 1.165) is 41.9 Å². The lowest BCUT2D eigenvalue weighted by atomic mass is 9.89. The molecule has 0 spiro atoms. The van der Waals surface area contributed by atoms with E-state index >= 15 is 0 Å². The van der Waals surface area contributed by atoms with E-state index in [9.17, 15) is 13.2 Å². The first kappa shape index (κ1) is 20.9. The normalized spacial score (nSPS) is 27.8. The molecule has 7 nitrogen and oxygen atoms in total. The van der Waals surface area contributed by atoms with Crippen LogP contribution in [0.4, 0.5) is 5.13 Å². The first-order valence-electron chi connectivity index (χ1n) is 11.0. The highest BCUT2D eigenvalue weighted by molar-refractivity contribution is 7.89. The SMILES string of the molecule is CC/C=C1/CCN(S(=O)(=O)c2ccc3sc(NCC45CCCC4CC(=O)N5)nc3c2)C1. The molecule has 1 saturated carbocycles. The van der Waals surface area contributed by atoms with Crippen molar-refractivity contribution in [2.45, 2.75) is 55.9 Å². The third-order valence-corrected chi connectivity index (χ3v) is 9.72. The Morgan fingerprint density at radius 1 is 1.42 bits per heavy atom. The zero-order valence-corrected chi connectivity index (χ0v) is 19.3. The van der Waals surface area contributed by atoms with Gasteiger partial charge in [0.25, 0.3) is 0 Å². The minimum atomic E-state index is -3.53. The Balaban J connectivity index is 1.33. The molecular formula is C22H28N4O3S2. The Morgan fingerprint density at radius 3 is 3.13 bits per heavy atom. The second-order valence-electron chi connectivity index (χ2n) is 8.86. The highest BCUT2D eigenvalue weighted by atomic mass is 32.2. The summed E-state index contributed by atoms with van der Waals surface area (Å²) in [7, 11) is -3.53. The zero-order chi connectivity index (χ0) is 21.6. The van der Waals surface area contributed by atoms with Crippen LogP contribution in [0.2, 0.25) is 0 Å². The van der Waals surface area contributed by atoms with Crippen LogP contribution >= 0.6 is 11.3 Å². The molecule has 0 bridgehead atoms. The number of benzene rings is 1. The number of aromatic nitrogens is 1. The maximum absolute atomic E-state index is 13.1. The maximum atomic E-state index is 13.1. The third-order valence-electron chi connectivity index (χ3n) is 6.88. The Bertz CT molecular complexity index is 1160. The van der Waals surface area contributed by atoms with Gasteiger partial charge in [-0.05, 0) is 49.8 Å². The number of hydrogen-bond donors (Lipinski definition) is 2. The van der Waals surface area contributed by atoms with E-state index < -0.39 is 10.0 Å². The molecule has 31 heavy (non-hydrogen) atoms. The molecule has 3 fully saturated rings. The quantitative estimate of drug-likeness (QED) is 0.644. The number of sulfonamides is 1. The molecule has 2 unspecified atom stereocenters. The van der Waals surface area contributed by atoms with Crippen molar-refractivity contribution < 1.29 is 13.2 Å². The largest absolute Gasteiger partial charge is 0.359 e. The standard InChI is InChI=1S/C22H28N4O3S2/c1-2-4-15-8-10-26(13-15)31(28,29)17-6-7-19-18(12-17)24-21(30-19)23-14-22-9-3-5-16(22)11-20(27)25-22/h4,6-7,12,16H,2-3,5,8-11,13-14H2,1H3,(H,23,24)(H,25,27)/b15-4-. The van der Waals surface area contributed by atoms with E-state index in [4.69, 9.17) is 0 Å². The Kier molecular flexibility index (Phi) is 5.30. The minimum Gasteiger partial charge on any atom is -0.359 e. The summed E-state index contributed by atoms with van der Waals surface area (Å²) in [5.74, 6) is 0.537. The molecule has 2 saturated heterocycles. The molecule has 0 radical (unpaired) electrons. The number of anilines is 1. The van der Waals surface area contributed by atoms with Crippen LogP contribution in [0.1, 0.15) is 45.4 Å². The van der Waals surface area contributed by atoms with Crippen LogP contribution in [0.3, 0.4) is 0 Å². The van der Waals surface area contributed by atoms with E-state index in [2.05, 4.69) is 28.6 Å². The summed E-state index contributed by atoms with van der Waals surface area (Å²) in [6.45, 7) is 3.74. The fraction of sp³-hybridized carbons (Fsp3) is 0.545. The summed E-state index contributed by atoms with van der Waals surface area (Å²) in [4.78, 5) is 16.8. The summed E-state index contributed by atoms with van der Waals surface area (Å²) in [6.07, 6.45) is 7.70. The number of hydrogen-bond acceptors (Lipinski definition) is 6. The molecule has 2 aliphatic heterocycles. The number of amides is 1. The average Bonchev–Trinajstić information content (AvgIpc) is 3.48. The number of nitrogens with zero attached hydrogens (tertiary/aromatic N) is 2. The highest BCUT2D eigenvalue weighted by Crippen LogP contribution is 2.42. The van der Waals surface area contributed by atoms with Crippen LogP contribution in [0, 0.1) is 5.92 Å². The number of carbonyl (C=O) groups excluding carboxylic acids is 1. The zero-order valence-electron chi connectivity index (χ0n) is 17.7. The van der Waals surface area contributed by atoms with Crippen molar-refractivity contribution in [2.24, 2.45) is 5.92 Å². The second kappa shape index (κ2) is 7.86. The smallest absolute Gasteiger partial charge is 0.243 e. The second-order valence-corrected chi connectivity index (χ2v) is 11.8. The fourth-order valence-electron chi connectivity index (χ4n) is 5.27. The molecule has 9 heteroatoms. The number of allylic oxidation sites excluding steroid dienone is 1. The molecule has 3 heterocycles. The predicted molar refractivity (Wildman–Crippen MR) is 123 cm³/mol. The van der Waals surface area contributed by atoms with Gasteiger partial charge in [0.2, 0.25) is 15.9 Å². The van der Waals surface area contributed by atoms with Crippen LogP contribution in [-0.4, -0.2) is 48.8 Å². The molecule has 2 N–H and O–H groups in total. The van der Waals surface area contributed by atoms with Crippen molar-refractivity contribution in [3.63, 3.8) is 0 Å². The van der Waals surface area contributed by atoms with Crippen LogP contribution in [0.15, 0.2) is 34.7 Å². The van der Waals surface area contributed by atoms with Gasteiger partial charge in [0, 0.05) is 26.1 Å². The Morgan fingerprint density at radius 2 is 2.29 bits per heavy atom. The average molecular weight is 461 g/mol. The molecule has 1 aromatic carbocycles. The lowest BCUT2D eigenvalue weighted by Crippen LogP contribution is -2.48. The first-order valence-corrected chi connectivity index (χ1v) is 13.3. The van der Waals surface area contributed by atoms with E-state index in [0.29, 0.717) is 42.4 Å². The van der Waals surface area contributed by atoms with E-state index in [1.807, 2.05) is 6.07 Å². The van der Waals surface area contributed by atoms with Crippen molar-refractivity contribution in [2.75, 3.05) is 25.0 Å². The van der Waals surface area contributed by atoms with Gasteiger partial charge in [-0.3, -0.25) is 4.79 Å². The monoisotopic (exact) mass is 460 g/mol. The van der Waals surface area contributed by atoms with Crippen LogP contribution in [0.5, 0.6) is 0 Å². The number of fused-ring (bicyclic) bond motifs is 2. The molecule has 1 aliphatic carbocycles. The van der Waals surface area contributed by atoms with E-state index in [-0.39, 0.29) is 11.4 Å². The first-order chi connectivity index (χ1) is 14.9. The molecule has 1 amide bonds. The lowest BCUT2D eigenvalue weighted by Gasteiger charge is -2.29. The summed E-state index contributed by atoms with van der Waals surface area (Å²) >= 11 is 1.52. The van der Waals surface area contributed by atoms with Crippen molar-refractivity contribution in [1.82, 2.24) is 14.6 Å². The Labute approximate surface area is 187 Å². The molecule has 5 rings (SSSR count). The van der Waals surface area contributed by atoms with Gasteiger partial charge in [-0.15, -0.1) is 0 Å². The van der Waals surface area contributed by atoms with Gasteiger partial charge >= 0.3 is 0 Å². The van der Waals surface area contributed by atoms with Crippen molar-refractivity contribution in [1.29, 1.82) is 0 Å². The number of carbonyl (C=O) groups is 1. The van der Waals surface area contributed by atoms with Gasteiger partial charge in [0.15, 0.2) is 5.13 Å². The lowest BCUT2D eigenvalue weighted by molar-refractivity contribution is -0.120. The topological polar surface area (TPSA) is 91.4 Å². The highest BCUT2D eigenvalue weighted by Gasteiger charge is 2.49. The van der Waals surface area contributed by atoms with Crippen molar-refractivity contribution >= 4 is 42.6 Å². The molecule has 2 aromatic rings. The van der Waals surface area contributed by atoms with Gasteiger partial charge in [-0.25, -0.2) is 13.4 Å². The van der Waals surface area contributed by atoms with Crippen LogP contribution < -0.4 is 10.6 Å². The molecule has 3 aliphatic rings. The number of thiazole rings is 1.